The Hall–Kier alpha value is -1.45. The van der Waals surface area contributed by atoms with Crippen LogP contribution in [0.2, 0.25) is 0 Å². The minimum absolute atomic E-state index is 0.0844. The Bertz CT molecular complexity index is 376. The number of fused-ring (bicyclic) bond motifs is 1. The number of methoxy groups -OCH3 is 1. The summed E-state index contributed by atoms with van der Waals surface area (Å²) in [5, 5.41) is 0. The predicted molar refractivity (Wildman–Crippen MR) is 43.4 cm³/mol. The van der Waals surface area contributed by atoms with E-state index in [9.17, 15) is 9.18 Å². The first-order valence-corrected chi connectivity index (χ1v) is 3.98. The summed E-state index contributed by atoms with van der Waals surface area (Å²) in [5.74, 6) is -0.264. The van der Waals surface area contributed by atoms with E-state index in [1.54, 1.807) is 0 Å². The molecule has 0 fully saturated rings. The van der Waals surface area contributed by atoms with E-state index >= 15 is 0 Å². The zero-order chi connectivity index (χ0) is 9.42. The van der Waals surface area contributed by atoms with Crippen molar-refractivity contribution in [3.05, 3.63) is 23.1 Å². The zero-order valence-electron chi connectivity index (χ0n) is 7.13. The normalized spacial score (nSPS) is 14.5. The van der Waals surface area contributed by atoms with E-state index in [-0.39, 0.29) is 11.7 Å². The highest BCUT2D eigenvalue weighted by Gasteiger charge is 2.27. The lowest BCUT2D eigenvalue weighted by Crippen LogP contribution is -2.01. The van der Waals surface area contributed by atoms with Gasteiger partial charge in [0.25, 0.3) is 0 Å². The average Bonchev–Trinajstić information content (AvgIpc) is 2.51. The molecule has 1 aromatic heterocycles. The number of hydrogen-bond donors (Lipinski definition) is 0. The standard InChI is InChI=1S/C9H8FNO2/c1-13-9-8-5(2-3-7(8)12)6(10)4-11-9/h4H,2-3H2,1H3. The van der Waals surface area contributed by atoms with Crippen molar-refractivity contribution in [2.75, 3.05) is 7.11 Å². The van der Waals surface area contributed by atoms with Gasteiger partial charge in [0.2, 0.25) is 5.88 Å². The molecular weight excluding hydrogens is 173 g/mol. The molecule has 2 rings (SSSR count). The van der Waals surface area contributed by atoms with E-state index in [4.69, 9.17) is 4.74 Å². The molecule has 1 aliphatic rings. The predicted octanol–water partition coefficient (Wildman–Crippen LogP) is 1.36. The molecule has 0 unspecified atom stereocenters. The van der Waals surface area contributed by atoms with Gasteiger partial charge in [-0.25, -0.2) is 9.37 Å². The summed E-state index contributed by atoms with van der Waals surface area (Å²) in [5.41, 5.74) is 0.763. The van der Waals surface area contributed by atoms with Gasteiger partial charge in [-0.15, -0.1) is 0 Å². The van der Waals surface area contributed by atoms with E-state index in [0.29, 0.717) is 24.0 Å². The van der Waals surface area contributed by atoms with Crippen molar-refractivity contribution in [1.82, 2.24) is 4.98 Å². The second-order valence-corrected chi connectivity index (χ2v) is 2.89. The number of halogens is 1. The quantitative estimate of drug-likeness (QED) is 0.656. The van der Waals surface area contributed by atoms with Crippen molar-refractivity contribution in [3.8, 4) is 5.88 Å². The molecule has 0 N–H and O–H groups in total. The van der Waals surface area contributed by atoms with Crippen molar-refractivity contribution in [2.24, 2.45) is 0 Å². The molecule has 1 heterocycles. The molecule has 0 bridgehead atoms. The Morgan fingerprint density at radius 2 is 2.31 bits per heavy atom. The number of carbonyl (C=O) groups is 1. The Kier molecular flexibility index (Phi) is 1.76. The van der Waals surface area contributed by atoms with E-state index in [0.717, 1.165) is 6.20 Å². The number of hydrogen-bond acceptors (Lipinski definition) is 3. The SMILES string of the molecule is COc1ncc(F)c2c1C(=O)CC2. The van der Waals surface area contributed by atoms with E-state index in [1.165, 1.54) is 7.11 Å². The van der Waals surface area contributed by atoms with Gasteiger partial charge in [0.15, 0.2) is 5.78 Å². The number of ether oxygens (including phenoxy) is 1. The van der Waals surface area contributed by atoms with E-state index in [1.807, 2.05) is 0 Å². The number of pyridine rings is 1. The van der Waals surface area contributed by atoms with Crippen molar-refractivity contribution in [1.29, 1.82) is 0 Å². The molecule has 0 amide bonds. The first kappa shape index (κ1) is 8.16. The summed E-state index contributed by atoms with van der Waals surface area (Å²) < 4.78 is 18.0. The molecule has 0 aromatic carbocycles. The van der Waals surface area contributed by atoms with E-state index < -0.39 is 5.82 Å². The molecule has 1 aromatic rings. The largest absolute Gasteiger partial charge is 0.480 e. The lowest BCUT2D eigenvalue weighted by molar-refractivity contribution is 0.0991. The minimum Gasteiger partial charge on any atom is -0.480 e. The van der Waals surface area contributed by atoms with Crippen LogP contribution in [-0.2, 0) is 6.42 Å². The van der Waals surface area contributed by atoms with Crippen LogP contribution in [0.1, 0.15) is 22.3 Å². The van der Waals surface area contributed by atoms with Crippen molar-refractivity contribution in [2.45, 2.75) is 12.8 Å². The maximum Gasteiger partial charge on any atom is 0.224 e. The zero-order valence-corrected chi connectivity index (χ0v) is 7.13. The van der Waals surface area contributed by atoms with Gasteiger partial charge in [-0.1, -0.05) is 0 Å². The van der Waals surface area contributed by atoms with Gasteiger partial charge in [-0.2, -0.15) is 0 Å². The van der Waals surface area contributed by atoms with Crippen molar-refractivity contribution in [3.63, 3.8) is 0 Å². The molecule has 0 saturated heterocycles. The van der Waals surface area contributed by atoms with Crippen LogP contribution >= 0.6 is 0 Å². The Morgan fingerprint density at radius 3 is 3.00 bits per heavy atom. The number of aromatic nitrogens is 1. The highest BCUT2D eigenvalue weighted by atomic mass is 19.1. The van der Waals surface area contributed by atoms with Crippen LogP contribution < -0.4 is 4.74 Å². The smallest absolute Gasteiger partial charge is 0.224 e. The maximum absolute atomic E-state index is 13.1. The third-order valence-electron chi connectivity index (χ3n) is 2.17. The number of ketones is 1. The molecule has 0 radical (unpaired) electrons. The monoisotopic (exact) mass is 181 g/mol. The van der Waals surface area contributed by atoms with Gasteiger partial charge in [-0.05, 0) is 6.42 Å². The lowest BCUT2D eigenvalue weighted by Gasteiger charge is -2.04. The first-order valence-electron chi connectivity index (χ1n) is 3.98. The molecule has 0 saturated carbocycles. The third-order valence-corrected chi connectivity index (χ3v) is 2.17. The van der Waals surface area contributed by atoms with Crippen LogP contribution in [-0.4, -0.2) is 17.9 Å². The molecule has 1 aliphatic carbocycles. The lowest BCUT2D eigenvalue weighted by atomic mass is 10.1. The highest BCUT2D eigenvalue weighted by molar-refractivity contribution is 6.02. The summed E-state index contributed by atoms with van der Waals surface area (Å²) in [4.78, 5) is 15.0. The van der Waals surface area contributed by atoms with Crippen molar-refractivity contribution < 1.29 is 13.9 Å². The van der Waals surface area contributed by atoms with Gasteiger partial charge < -0.3 is 4.74 Å². The third kappa shape index (κ3) is 1.09. The average molecular weight is 181 g/mol. The summed E-state index contributed by atoms with van der Waals surface area (Å²) in [6, 6.07) is 0. The van der Waals surface area contributed by atoms with E-state index in [2.05, 4.69) is 4.98 Å². The van der Waals surface area contributed by atoms with Crippen molar-refractivity contribution >= 4 is 5.78 Å². The summed E-state index contributed by atoms with van der Waals surface area (Å²) >= 11 is 0. The molecule has 0 aliphatic heterocycles. The molecule has 3 nitrogen and oxygen atoms in total. The second-order valence-electron chi connectivity index (χ2n) is 2.89. The Balaban J connectivity index is 2.66. The van der Waals surface area contributed by atoms with Gasteiger partial charge >= 0.3 is 0 Å². The Morgan fingerprint density at radius 1 is 1.54 bits per heavy atom. The van der Waals surface area contributed by atoms with Gasteiger partial charge in [0.05, 0.1) is 18.9 Å². The molecule has 0 spiro atoms. The van der Waals surface area contributed by atoms with Crippen LogP contribution in [0.4, 0.5) is 4.39 Å². The summed E-state index contributed by atoms with van der Waals surface area (Å²) in [6.45, 7) is 0. The highest BCUT2D eigenvalue weighted by Crippen LogP contribution is 2.30. The van der Waals surface area contributed by atoms with Crippen LogP contribution in [0.3, 0.4) is 0 Å². The summed E-state index contributed by atoms with van der Waals surface area (Å²) in [7, 11) is 1.42. The molecule has 0 atom stereocenters. The van der Waals surface area contributed by atoms with Crippen LogP contribution in [0.15, 0.2) is 6.20 Å². The number of nitrogens with zero attached hydrogens (tertiary/aromatic N) is 1. The number of carbonyl (C=O) groups excluding carboxylic acids is 1. The molecule has 13 heavy (non-hydrogen) atoms. The fourth-order valence-corrected chi connectivity index (χ4v) is 1.56. The van der Waals surface area contributed by atoms with Gasteiger partial charge in [0, 0.05) is 12.0 Å². The topological polar surface area (TPSA) is 39.2 Å². The van der Waals surface area contributed by atoms with Gasteiger partial charge in [-0.3, -0.25) is 4.79 Å². The molecule has 4 heteroatoms. The fourth-order valence-electron chi connectivity index (χ4n) is 1.56. The fraction of sp³-hybridized carbons (Fsp3) is 0.333. The molecular formula is C9H8FNO2. The Labute approximate surface area is 74.5 Å². The van der Waals surface area contributed by atoms with Crippen LogP contribution in [0.5, 0.6) is 5.88 Å². The number of rotatable bonds is 1. The first-order chi connectivity index (χ1) is 6.24. The van der Waals surface area contributed by atoms with Crippen LogP contribution in [0, 0.1) is 5.82 Å². The minimum atomic E-state index is -0.415. The van der Waals surface area contributed by atoms with Gasteiger partial charge in [0.1, 0.15) is 5.82 Å². The molecule has 68 valence electrons. The second kappa shape index (κ2) is 2.80. The number of Topliss-reactive ketones (excluding diaryl/α,β-unsaturated/α-hetero) is 1. The van der Waals surface area contributed by atoms with Crippen LogP contribution in [0.25, 0.3) is 0 Å². The summed E-state index contributed by atoms with van der Waals surface area (Å²) in [6.07, 6.45) is 1.91. The maximum atomic E-state index is 13.1.